The lowest BCUT2D eigenvalue weighted by molar-refractivity contribution is -0.113. The number of nitrogens with one attached hydrogen (secondary N) is 1. The van der Waals surface area contributed by atoms with E-state index < -0.39 is 5.76 Å². The van der Waals surface area contributed by atoms with Gasteiger partial charge in [-0.2, -0.15) is 8.78 Å². The molecule has 0 unspecified atom stereocenters. The van der Waals surface area contributed by atoms with Crippen molar-refractivity contribution in [3.05, 3.63) is 45.1 Å². The Bertz CT molecular complexity index is 1080. The number of thiophene rings is 1. The highest BCUT2D eigenvalue weighted by atomic mass is 32.2. The van der Waals surface area contributed by atoms with E-state index in [0.717, 1.165) is 10.4 Å². The number of anilines is 1. The van der Waals surface area contributed by atoms with Crippen LogP contribution < -0.4 is 10.9 Å². The van der Waals surface area contributed by atoms with Crippen molar-refractivity contribution in [2.45, 2.75) is 29.7 Å². The maximum atomic E-state index is 12.6. The normalized spacial score (nSPS) is 11.4. The summed E-state index contributed by atoms with van der Waals surface area (Å²) in [6, 6.07) is 6.20. The van der Waals surface area contributed by atoms with Crippen molar-refractivity contribution in [2.75, 3.05) is 11.1 Å². The smallest absolute Gasteiger partial charge is 0.288 e. The number of hydrogen-bond donors (Lipinski definition) is 1. The molecule has 0 radical (unpaired) electrons. The predicted molar refractivity (Wildman–Crippen MR) is 112 cm³/mol. The van der Waals surface area contributed by atoms with Gasteiger partial charge in [0.15, 0.2) is 5.16 Å². The summed E-state index contributed by atoms with van der Waals surface area (Å²) in [5.74, 6) is -2.68. The van der Waals surface area contributed by atoms with Gasteiger partial charge in [-0.3, -0.25) is 14.2 Å². The molecule has 0 aliphatic rings. The van der Waals surface area contributed by atoms with Crippen molar-refractivity contribution in [1.82, 2.24) is 9.55 Å². The molecule has 2 aromatic heterocycles. The number of halogens is 2. The first kappa shape index (κ1) is 20.8. The van der Waals surface area contributed by atoms with Crippen LogP contribution >= 0.6 is 34.9 Å². The van der Waals surface area contributed by atoms with Crippen LogP contribution in [0.1, 0.15) is 10.4 Å². The molecule has 0 spiro atoms. The zero-order valence-electron chi connectivity index (χ0n) is 15.3. The number of fused-ring (bicyclic) bond motifs is 1. The summed E-state index contributed by atoms with van der Waals surface area (Å²) in [5.41, 5.74) is 1.34. The van der Waals surface area contributed by atoms with Crippen molar-refractivity contribution in [1.29, 1.82) is 0 Å². The van der Waals surface area contributed by atoms with Crippen molar-refractivity contribution in [2.24, 2.45) is 7.05 Å². The van der Waals surface area contributed by atoms with E-state index in [9.17, 15) is 18.4 Å². The molecule has 1 amide bonds. The molecular formula is C18H17F2N3O2S3. The number of rotatable bonds is 6. The molecule has 28 heavy (non-hydrogen) atoms. The third kappa shape index (κ3) is 4.56. The number of carbonyl (C=O) groups excluding carboxylic acids is 1. The van der Waals surface area contributed by atoms with E-state index in [2.05, 4.69) is 10.3 Å². The summed E-state index contributed by atoms with van der Waals surface area (Å²) in [6.07, 6.45) is 0. The second-order valence-electron chi connectivity index (χ2n) is 5.96. The van der Waals surface area contributed by atoms with E-state index in [1.54, 1.807) is 19.2 Å². The largest absolute Gasteiger partial charge is 0.325 e. The van der Waals surface area contributed by atoms with Crippen molar-refractivity contribution >= 4 is 56.7 Å². The second-order valence-corrected chi connectivity index (χ2v) is 9.17. The van der Waals surface area contributed by atoms with Gasteiger partial charge in [0, 0.05) is 22.5 Å². The first-order chi connectivity index (χ1) is 13.3. The minimum atomic E-state index is -2.48. The van der Waals surface area contributed by atoms with Crippen LogP contribution in [0.25, 0.3) is 10.2 Å². The summed E-state index contributed by atoms with van der Waals surface area (Å²) in [6.45, 7) is 3.86. The Morgan fingerprint density at radius 3 is 2.61 bits per heavy atom. The molecule has 0 saturated carbocycles. The quantitative estimate of drug-likeness (QED) is 0.445. The molecule has 0 atom stereocenters. The molecule has 1 N–H and O–H groups in total. The number of amides is 1. The van der Waals surface area contributed by atoms with Gasteiger partial charge in [-0.05, 0) is 43.7 Å². The van der Waals surface area contributed by atoms with Gasteiger partial charge in [0.05, 0.1) is 11.1 Å². The van der Waals surface area contributed by atoms with Crippen LogP contribution in [0.5, 0.6) is 0 Å². The summed E-state index contributed by atoms with van der Waals surface area (Å²) in [7, 11) is 1.64. The highest BCUT2D eigenvalue weighted by molar-refractivity contribution is 8.00. The van der Waals surface area contributed by atoms with Gasteiger partial charge in [0.1, 0.15) is 4.83 Å². The van der Waals surface area contributed by atoms with Crippen molar-refractivity contribution < 1.29 is 13.6 Å². The SMILES string of the molecule is Cc1sc2nc(SCC(=O)Nc3ccc(SC(F)F)cc3)n(C)c(=O)c2c1C. The van der Waals surface area contributed by atoms with Gasteiger partial charge in [-0.15, -0.1) is 11.3 Å². The number of thioether (sulfide) groups is 2. The summed E-state index contributed by atoms with van der Waals surface area (Å²) in [4.78, 5) is 31.5. The highest BCUT2D eigenvalue weighted by Gasteiger charge is 2.16. The summed E-state index contributed by atoms with van der Waals surface area (Å²) < 4.78 is 26.1. The molecule has 0 fully saturated rings. The maximum Gasteiger partial charge on any atom is 0.288 e. The lowest BCUT2D eigenvalue weighted by atomic mass is 10.2. The van der Waals surface area contributed by atoms with Gasteiger partial charge < -0.3 is 5.32 Å². The molecular weight excluding hydrogens is 424 g/mol. The van der Waals surface area contributed by atoms with Crippen LogP contribution in [0.15, 0.2) is 39.1 Å². The molecule has 2 heterocycles. The first-order valence-corrected chi connectivity index (χ1v) is 10.9. The van der Waals surface area contributed by atoms with E-state index in [-0.39, 0.29) is 17.2 Å². The predicted octanol–water partition coefficient (Wildman–Crippen LogP) is 4.66. The maximum absolute atomic E-state index is 12.6. The Morgan fingerprint density at radius 2 is 1.96 bits per heavy atom. The number of aromatic nitrogens is 2. The zero-order chi connectivity index (χ0) is 20.4. The standard InChI is InChI=1S/C18H17F2N3O2S3/c1-9-10(2)27-15-14(9)16(25)23(3)18(22-15)26-8-13(24)21-11-4-6-12(7-5-11)28-17(19)20/h4-7,17H,8H2,1-3H3,(H,21,24). The van der Waals surface area contributed by atoms with Crippen LogP contribution in [0.3, 0.4) is 0 Å². The lowest BCUT2D eigenvalue weighted by Crippen LogP contribution is -2.21. The molecule has 3 rings (SSSR count). The molecule has 0 aliphatic heterocycles. The Kier molecular flexibility index (Phi) is 6.41. The van der Waals surface area contributed by atoms with Gasteiger partial charge in [-0.1, -0.05) is 23.5 Å². The molecule has 3 aromatic rings. The van der Waals surface area contributed by atoms with E-state index in [1.165, 1.54) is 39.8 Å². The van der Waals surface area contributed by atoms with Gasteiger partial charge in [0.2, 0.25) is 5.91 Å². The number of nitrogens with zero attached hydrogens (tertiary/aromatic N) is 2. The molecule has 5 nitrogen and oxygen atoms in total. The minimum absolute atomic E-state index is 0.0721. The van der Waals surface area contributed by atoms with Crippen LogP contribution in [0, 0.1) is 13.8 Å². The van der Waals surface area contributed by atoms with E-state index in [4.69, 9.17) is 0 Å². The highest BCUT2D eigenvalue weighted by Crippen LogP contribution is 2.28. The van der Waals surface area contributed by atoms with Gasteiger partial charge >= 0.3 is 0 Å². The summed E-state index contributed by atoms with van der Waals surface area (Å²) >= 11 is 3.09. The van der Waals surface area contributed by atoms with Crippen LogP contribution in [0.2, 0.25) is 0 Å². The molecule has 0 bridgehead atoms. The molecule has 0 saturated heterocycles. The van der Waals surface area contributed by atoms with Gasteiger partial charge in [0.25, 0.3) is 11.3 Å². The van der Waals surface area contributed by atoms with Crippen LogP contribution in [-0.4, -0.2) is 27.0 Å². The average Bonchev–Trinajstić information content (AvgIpc) is 2.92. The number of carbonyl (C=O) groups is 1. The lowest BCUT2D eigenvalue weighted by Gasteiger charge is -2.08. The molecule has 0 aliphatic carbocycles. The number of benzene rings is 1. The Balaban J connectivity index is 1.68. The topological polar surface area (TPSA) is 64.0 Å². The number of aryl methyl sites for hydroxylation is 2. The fourth-order valence-corrected chi connectivity index (χ4v) is 4.87. The van der Waals surface area contributed by atoms with Gasteiger partial charge in [-0.25, -0.2) is 4.98 Å². The molecule has 148 valence electrons. The third-order valence-electron chi connectivity index (χ3n) is 4.06. The second kappa shape index (κ2) is 8.62. The number of hydrogen-bond acceptors (Lipinski definition) is 6. The van der Waals surface area contributed by atoms with Crippen molar-refractivity contribution in [3.63, 3.8) is 0 Å². The Morgan fingerprint density at radius 1 is 1.29 bits per heavy atom. The Hall–Kier alpha value is -1.91. The number of alkyl halides is 2. The fourth-order valence-electron chi connectivity index (χ4n) is 2.53. The fraction of sp³-hybridized carbons (Fsp3) is 0.278. The minimum Gasteiger partial charge on any atom is -0.325 e. The van der Waals surface area contributed by atoms with E-state index in [1.807, 2.05) is 13.8 Å². The van der Waals surface area contributed by atoms with E-state index >= 15 is 0 Å². The monoisotopic (exact) mass is 441 g/mol. The molecule has 1 aromatic carbocycles. The van der Waals surface area contributed by atoms with Crippen LogP contribution in [0.4, 0.5) is 14.5 Å². The average molecular weight is 442 g/mol. The zero-order valence-corrected chi connectivity index (χ0v) is 17.7. The third-order valence-corrected chi connectivity index (χ3v) is 6.92. The summed E-state index contributed by atoms with van der Waals surface area (Å²) in [5, 5.41) is 3.80. The van der Waals surface area contributed by atoms with Crippen LogP contribution in [-0.2, 0) is 11.8 Å². The van der Waals surface area contributed by atoms with Crippen molar-refractivity contribution in [3.8, 4) is 0 Å². The first-order valence-electron chi connectivity index (χ1n) is 8.20. The van der Waals surface area contributed by atoms with E-state index in [0.29, 0.717) is 37.7 Å². The molecule has 10 heteroatoms. The Labute approximate surface area is 172 Å².